The van der Waals surface area contributed by atoms with Gasteiger partial charge in [-0.2, -0.15) is 5.10 Å². The number of hydrogen-bond acceptors (Lipinski definition) is 5. The van der Waals surface area contributed by atoms with Crippen LogP contribution in [0.25, 0.3) is 5.69 Å². The Morgan fingerprint density at radius 3 is 2.68 bits per heavy atom. The number of carbonyl (C=O) groups excluding carboxylic acids is 1. The molecule has 4 aromatic rings. The van der Waals surface area contributed by atoms with Gasteiger partial charge in [-0.25, -0.2) is 4.68 Å². The molecule has 1 N–H and O–H groups in total. The number of anilines is 1. The molecule has 2 aromatic heterocycles. The van der Waals surface area contributed by atoms with Crippen LogP contribution in [0.1, 0.15) is 16.7 Å². The van der Waals surface area contributed by atoms with E-state index in [1.54, 1.807) is 10.7 Å². The summed E-state index contributed by atoms with van der Waals surface area (Å²) in [7, 11) is 0. The minimum absolute atomic E-state index is 0.115. The molecule has 1 amide bonds. The fourth-order valence-corrected chi connectivity index (χ4v) is 2.93. The van der Waals surface area contributed by atoms with Crippen LogP contribution in [-0.2, 0) is 17.8 Å². The van der Waals surface area contributed by atoms with E-state index in [2.05, 4.69) is 51.1 Å². The van der Waals surface area contributed by atoms with Crippen molar-refractivity contribution in [3.05, 3.63) is 83.8 Å². The lowest BCUT2D eigenvalue weighted by molar-refractivity contribution is -0.115. The highest BCUT2D eigenvalue weighted by molar-refractivity contribution is 5.91. The third kappa shape index (κ3) is 4.29. The minimum Gasteiger partial charge on any atom is -0.309 e. The maximum Gasteiger partial charge on any atom is 0.229 e. The molecule has 0 radical (unpaired) electrons. The maximum absolute atomic E-state index is 12.3. The molecule has 28 heavy (non-hydrogen) atoms. The quantitative estimate of drug-likeness (QED) is 0.560. The van der Waals surface area contributed by atoms with E-state index in [9.17, 15) is 4.79 Å². The molecule has 0 bridgehead atoms. The standard InChI is InChI=1S/C20H19N7O/c1-15-3-2-4-17(11-15)13-26-10-9-19(23-26)22-20(28)12-16-5-7-18(8-6-16)27-14-21-24-25-27/h2-11,14H,12-13H2,1H3,(H,22,23,28). The molecule has 0 aliphatic rings. The Balaban J connectivity index is 1.34. The summed E-state index contributed by atoms with van der Waals surface area (Å²) in [6.45, 7) is 2.73. The molecule has 2 heterocycles. The van der Waals surface area contributed by atoms with Crippen LogP contribution in [0.15, 0.2) is 67.1 Å². The summed E-state index contributed by atoms with van der Waals surface area (Å²) in [4.78, 5) is 12.3. The Morgan fingerprint density at radius 1 is 1.07 bits per heavy atom. The topological polar surface area (TPSA) is 90.5 Å². The van der Waals surface area contributed by atoms with Crippen LogP contribution < -0.4 is 5.32 Å². The molecule has 8 heteroatoms. The van der Waals surface area contributed by atoms with Crippen LogP contribution >= 0.6 is 0 Å². The number of carbonyl (C=O) groups is 1. The lowest BCUT2D eigenvalue weighted by atomic mass is 10.1. The Kier molecular flexibility index (Phi) is 4.92. The van der Waals surface area contributed by atoms with Crippen molar-refractivity contribution in [1.82, 2.24) is 30.0 Å². The van der Waals surface area contributed by atoms with Gasteiger partial charge in [-0.15, -0.1) is 5.10 Å². The zero-order valence-corrected chi connectivity index (χ0v) is 15.4. The molecule has 0 unspecified atom stereocenters. The summed E-state index contributed by atoms with van der Waals surface area (Å²) in [5, 5.41) is 18.3. The molecule has 0 fully saturated rings. The summed E-state index contributed by atoms with van der Waals surface area (Å²) in [6, 6.07) is 17.6. The highest BCUT2D eigenvalue weighted by Crippen LogP contribution is 2.11. The summed E-state index contributed by atoms with van der Waals surface area (Å²) < 4.78 is 3.37. The molecule has 0 spiro atoms. The molecular weight excluding hydrogens is 354 g/mol. The second kappa shape index (κ2) is 7.83. The Labute approximate surface area is 161 Å². The average molecular weight is 373 g/mol. The van der Waals surface area contributed by atoms with Crippen molar-refractivity contribution in [2.75, 3.05) is 5.32 Å². The van der Waals surface area contributed by atoms with Gasteiger partial charge in [-0.3, -0.25) is 9.48 Å². The average Bonchev–Trinajstić information content (AvgIpc) is 3.35. The van der Waals surface area contributed by atoms with Crippen LogP contribution in [0.2, 0.25) is 0 Å². The third-order valence-corrected chi connectivity index (χ3v) is 4.25. The molecular formula is C20H19N7O. The third-order valence-electron chi connectivity index (χ3n) is 4.25. The Hall–Kier alpha value is -3.81. The lowest BCUT2D eigenvalue weighted by Gasteiger charge is -2.05. The highest BCUT2D eigenvalue weighted by atomic mass is 16.1. The molecule has 0 aliphatic carbocycles. The largest absolute Gasteiger partial charge is 0.309 e. The number of tetrazole rings is 1. The zero-order valence-electron chi connectivity index (χ0n) is 15.4. The predicted molar refractivity (Wildman–Crippen MR) is 104 cm³/mol. The first kappa shape index (κ1) is 17.6. The van der Waals surface area contributed by atoms with Crippen molar-refractivity contribution in [3.63, 3.8) is 0 Å². The molecule has 0 aliphatic heterocycles. The van der Waals surface area contributed by atoms with Crippen molar-refractivity contribution in [2.45, 2.75) is 19.9 Å². The van der Waals surface area contributed by atoms with Gasteiger partial charge in [0.2, 0.25) is 5.91 Å². The molecule has 8 nitrogen and oxygen atoms in total. The van der Waals surface area contributed by atoms with E-state index in [1.165, 1.54) is 17.5 Å². The fraction of sp³-hybridized carbons (Fsp3) is 0.150. The van der Waals surface area contributed by atoms with Crippen LogP contribution in [0, 0.1) is 6.92 Å². The van der Waals surface area contributed by atoms with Crippen molar-refractivity contribution in [1.29, 1.82) is 0 Å². The van der Waals surface area contributed by atoms with Crippen LogP contribution in [0.4, 0.5) is 5.82 Å². The van der Waals surface area contributed by atoms with Crippen molar-refractivity contribution >= 4 is 11.7 Å². The predicted octanol–water partition coefficient (Wildman–Crippen LogP) is 2.40. The second-order valence-electron chi connectivity index (χ2n) is 6.53. The van der Waals surface area contributed by atoms with E-state index in [0.717, 1.165) is 11.3 Å². The summed E-state index contributed by atoms with van der Waals surface area (Å²) >= 11 is 0. The molecule has 2 aromatic carbocycles. The van der Waals surface area contributed by atoms with Gasteiger partial charge in [0, 0.05) is 12.3 Å². The van der Waals surface area contributed by atoms with Gasteiger partial charge >= 0.3 is 0 Å². The first-order valence-corrected chi connectivity index (χ1v) is 8.87. The number of nitrogens with zero attached hydrogens (tertiary/aromatic N) is 6. The number of hydrogen-bond donors (Lipinski definition) is 1. The van der Waals surface area contributed by atoms with E-state index in [0.29, 0.717) is 12.4 Å². The first-order valence-electron chi connectivity index (χ1n) is 8.87. The first-order chi connectivity index (χ1) is 13.7. The molecule has 0 atom stereocenters. The van der Waals surface area contributed by atoms with E-state index in [-0.39, 0.29) is 12.3 Å². The SMILES string of the molecule is Cc1cccc(Cn2ccc(NC(=O)Cc3ccc(-n4cnnn4)cc3)n2)c1. The van der Waals surface area contributed by atoms with Gasteiger partial charge in [0.05, 0.1) is 18.7 Å². The fourth-order valence-electron chi connectivity index (χ4n) is 2.93. The van der Waals surface area contributed by atoms with Crippen LogP contribution in [-0.4, -0.2) is 35.9 Å². The monoisotopic (exact) mass is 373 g/mol. The van der Waals surface area contributed by atoms with E-state index >= 15 is 0 Å². The number of amides is 1. The minimum atomic E-state index is -0.115. The molecule has 0 saturated carbocycles. The molecule has 4 rings (SSSR count). The van der Waals surface area contributed by atoms with Gasteiger partial charge in [-0.1, -0.05) is 42.0 Å². The van der Waals surface area contributed by atoms with Gasteiger partial charge in [0.15, 0.2) is 5.82 Å². The van der Waals surface area contributed by atoms with Crippen molar-refractivity contribution in [3.8, 4) is 5.69 Å². The molecule has 0 saturated heterocycles. The summed E-state index contributed by atoms with van der Waals surface area (Å²) in [6.07, 6.45) is 3.65. The Bertz CT molecular complexity index is 1070. The van der Waals surface area contributed by atoms with E-state index in [4.69, 9.17) is 0 Å². The number of benzene rings is 2. The number of aromatic nitrogens is 6. The normalized spacial score (nSPS) is 10.8. The smallest absolute Gasteiger partial charge is 0.229 e. The zero-order chi connectivity index (χ0) is 19.3. The van der Waals surface area contributed by atoms with Crippen LogP contribution in [0.3, 0.4) is 0 Å². The van der Waals surface area contributed by atoms with Crippen molar-refractivity contribution < 1.29 is 4.79 Å². The Morgan fingerprint density at radius 2 is 1.93 bits per heavy atom. The van der Waals surface area contributed by atoms with Crippen LogP contribution in [0.5, 0.6) is 0 Å². The summed E-state index contributed by atoms with van der Waals surface area (Å²) in [5.74, 6) is 0.430. The maximum atomic E-state index is 12.3. The summed E-state index contributed by atoms with van der Waals surface area (Å²) in [5.41, 5.74) is 4.12. The van der Waals surface area contributed by atoms with Crippen molar-refractivity contribution in [2.24, 2.45) is 0 Å². The van der Waals surface area contributed by atoms with E-state index in [1.807, 2.05) is 41.2 Å². The molecule has 140 valence electrons. The lowest BCUT2D eigenvalue weighted by Crippen LogP contribution is -2.15. The number of nitrogens with one attached hydrogen (secondary N) is 1. The van der Waals surface area contributed by atoms with Gasteiger partial charge in [-0.05, 0) is 40.6 Å². The van der Waals surface area contributed by atoms with Gasteiger partial charge in [0.1, 0.15) is 6.33 Å². The highest BCUT2D eigenvalue weighted by Gasteiger charge is 2.08. The number of aryl methyl sites for hydroxylation is 1. The van der Waals surface area contributed by atoms with E-state index < -0.39 is 0 Å². The second-order valence-corrected chi connectivity index (χ2v) is 6.53. The number of rotatable bonds is 6. The van der Waals surface area contributed by atoms with Gasteiger partial charge < -0.3 is 5.32 Å². The van der Waals surface area contributed by atoms with Gasteiger partial charge in [0.25, 0.3) is 0 Å².